The molecule has 0 radical (unpaired) electrons. The van der Waals surface area contributed by atoms with Crippen molar-refractivity contribution in [3.8, 4) is 0 Å². The number of rotatable bonds is 0. The zero-order valence-corrected chi connectivity index (χ0v) is 5.81. The predicted molar refractivity (Wildman–Crippen MR) is 39.6 cm³/mol. The molecule has 0 spiro atoms. The van der Waals surface area contributed by atoms with Crippen LogP contribution in [0.25, 0.3) is 0 Å². The summed E-state index contributed by atoms with van der Waals surface area (Å²) in [5.74, 6) is 0. The topological polar surface area (TPSA) is 0 Å². The predicted octanol–water partition coefficient (Wildman–Crippen LogP) is 1.37. The van der Waals surface area contributed by atoms with Crippen molar-refractivity contribution in [2.75, 3.05) is 0 Å². The Morgan fingerprint density at radius 1 is 1.38 bits per heavy atom. The second-order valence-electron chi connectivity index (χ2n) is 1.87. The van der Waals surface area contributed by atoms with Crippen LogP contribution in [0.1, 0.15) is 5.56 Å². The highest BCUT2D eigenvalue weighted by Gasteiger charge is 1.87. The van der Waals surface area contributed by atoms with E-state index < -0.39 is 0 Å². The van der Waals surface area contributed by atoms with Gasteiger partial charge in [-0.05, 0) is 37.2 Å². The van der Waals surface area contributed by atoms with Crippen molar-refractivity contribution >= 4 is 12.6 Å². The van der Waals surface area contributed by atoms with Gasteiger partial charge in [0, 0.05) is 0 Å². The Hall–Kier alpha value is -0.430. The second-order valence-corrected chi connectivity index (χ2v) is 2.45. The van der Waals surface area contributed by atoms with E-state index in [1.807, 2.05) is 12.1 Å². The lowest BCUT2D eigenvalue weighted by molar-refractivity contribution is 1.37. The van der Waals surface area contributed by atoms with Crippen LogP contribution in [-0.4, -0.2) is 0 Å². The fourth-order valence-corrected chi connectivity index (χ4v) is 0.969. The summed E-state index contributed by atoms with van der Waals surface area (Å²) in [6.07, 6.45) is 0. The van der Waals surface area contributed by atoms with Gasteiger partial charge in [-0.3, -0.25) is 0 Å². The van der Waals surface area contributed by atoms with E-state index in [0.717, 1.165) is 4.90 Å². The van der Waals surface area contributed by atoms with Crippen LogP contribution >= 0.6 is 0 Å². The molecule has 0 fully saturated rings. The minimum absolute atomic E-state index is 1.14. The molecule has 0 aliphatic rings. The number of aryl methyl sites for hydroxylation is 1. The SMILES string of the molecule is Cc1cccc([SH2+])c1. The molecule has 1 aromatic rings. The molecule has 0 atom stereocenters. The van der Waals surface area contributed by atoms with Gasteiger partial charge >= 0.3 is 0 Å². The third-order valence-corrected chi connectivity index (χ3v) is 1.33. The van der Waals surface area contributed by atoms with Gasteiger partial charge in [0.2, 0.25) is 0 Å². The molecular formula is C7H9S+. The molecule has 0 nitrogen and oxygen atoms in total. The highest BCUT2D eigenvalue weighted by Crippen LogP contribution is 2.00. The van der Waals surface area contributed by atoms with Gasteiger partial charge < -0.3 is 0 Å². The molecule has 0 saturated heterocycles. The molecule has 42 valence electrons. The molecule has 1 heteroatoms. The van der Waals surface area contributed by atoms with E-state index >= 15 is 0 Å². The van der Waals surface area contributed by atoms with E-state index in [0.29, 0.717) is 0 Å². The fraction of sp³-hybridized carbons (Fsp3) is 0.143. The minimum Gasteiger partial charge on any atom is -0.0590 e. The summed E-state index contributed by atoms with van der Waals surface area (Å²) < 4.78 is 0. The van der Waals surface area contributed by atoms with E-state index in [9.17, 15) is 0 Å². The number of hydrogen-bond acceptors (Lipinski definition) is 0. The molecule has 0 bridgehead atoms. The Kier molecular flexibility index (Phi) is 1.59. The van der Waals surface area contributed by atoms with E-state index in [4.69, 9.17) is 0 Å². The summed E-state index contributed by atoms with van der Waals surface area (Å²) >= 11 is 3.41. The molecule has 0 N–H and O–H groups in total. The molecule has 0 saturated carbocycles. The maximum atomic E-state index is 3.41. The normalized spacial score (nSPS) is 9.25. The standard InChI is InChI=1S/C7H8S/c1-6-3-2-4-7(8)5-6/h2-5,8H,1H3/p+1. The Bertz CT molecular complexity index is 164. The first-order valence-corrected chi connectivity index (χ1v) is 3.07. The van der Waals surface area contributed by atoms with Gasteiger partial charge in [-0.15, -0.1) is 0 Å². The average Bonchev–Trinajstić information content (AvgIpc) is 1.64. The molecule has 8 heavy (non-hydrogen) atoms. The second kappa shape index (κ2) is 2.23. The summed E-state index contributed by atoms with van der Waals surface area (Å²) in [7, 11) is 0. The maximum Gasteiger partial charge on any atom is 0.150 e. The number of hydrogen-bond donors (Lipinski definition) is 0. The lowest BCUT2D eigenvalue weighted by Crippen LogP contribution is -1.70. The molecule has 0 amide bonds. The maximum absolute atomic E-state index is 3.41. The monoisotopic (exact) mass is 125 g/mol. The number of benzene rings is 1. The van der Waals surface area contributed by atoms with Gasteiger partial charge in [0.25, 0.3) is 0 Å². The van der Waals surface area contributed by atoms with Crippen LogP contribution in [-0.2, 0) is 12.6 Å². The first-order chi connectivity index (χ1) is 3.79. The molecule has 0 unspecified atom stereocenters. The third kappa shape index (κ3) is 1.27. The van der Waals surface area contributed by atoms with Crippen LogP contribution in [0.3, 0.4) is 0 Å². The zero-order chi connectivity index (χ0) is 5.98. The summed E-state index contributed by atoms with van der Waals surface area (Å²) in [6.45, 7) is 2.07. The lowest BCUT2D eigenvalue weighted by atomic mass is 10.2. The van der Waals surface area contributed by atoms with E-state index in [1.54, 1.807) is 0 Å². The Labute approximate surface area is 55.0 Å². The summed E-state index contributed by atoms with van der Waals surface area (Å²) in [4.78, 5) is 1.14. The van der Waals surface area contributed by atoms with Crippen LogP contribution in [0, 0.1) is 6.92 Å². The summed E-state index contributed by atoms with van der Waals surface area (Å²) in [5, 5.41) is 0. The van der Waals surface area contributed by atoms with Crippen LogP contribution in [0.2, 0.25) is 0 Å². The quantitative estimate of drug-likeness (QED) is 0.459. The zero-order valence-electron chi connectivity index (χ0n) is 4.81. The highest BCUT2D eigenvalue weighted by molar-refractivity contribution is 7.58. The molecule has 1 rings (SSSR count). The van der Waals surface area contributed by atoms with Gasteiger partial charge in [0.15, 0.2) is 4.90 Å². The average molecular weight is 125 g/mol. The third-order valence-electron chi connectivity index (χ3n) is 1.02. The molecular weight excluding hydrogens is 116 g/mol. The highest BCUT2D eigenvalue weighted by atomic mass is 32.1. The van der Waals surface area contributed by atoms with Crippen molar-refractivity contribution in [3.05, 3.63) is 29.8 Å². The molecule has 0 heterocycles. The van der Waals surface area contributed by atoms with Gasteiger partial charge in [-0.25, -0.2) is 0 Å². The van der Waals surface area contributed by atoms with Crippen molar-refractivity contribution in [2.24, 2.45) is 0 Å². The first kappa shape index (κ1) is 5.70. The summed E-state index contributed by atoms with van der Waals surface area (Å²) in [5.41, 5.74) is 1.29. The Balaban J connectivity index is 3.08. The van der Waals surface area contributed by atoms with Crippen LogP contribution < -0.4 is 0 Å². The van der Waals surface area contributed by atoms with Crippen LogP contribution in [0.15, 0.2) is 29.2 Å². The van der Waals surface area contributed by atoms with Gasteiger partial charge in [0.05, 0.1) is 0 Å². The molecule has 0 aliphatic heterocycles. The van der Waals surface area contributed by atoms with Crippen molar-refractivity contribution in [3.63, 3.8) is 0 Å². The van der Waals surface area contributed by atoms with E-state index in [-0.39, 0.29) is 0 Å². The first-order valence-electron chi connectivity index (χ1n) is 2.57. The van der Waals surface area contributed by atoms with Crippen molar-refractivity contribution < 1.29 is 0 Å². The Morgan fingerprint density at radius 2 is 2.12 bits per heavy atom. The van der Waals surface area contributed by atoms with E-state index in [2.05, 4.69) is 31.7 Å². The van der Waals surface area contributed by atoms with Crippen LogP contribution in [0.5, 0.6) is 0 Å². The summed E-state index contributed by atoms with van der Waals surface area (Å²) in [6, 6.07) is 8.20. The molecule has 1 aromatic carbocycles. The largest absolute Gasteiger partial charge is 0.150 e. The van der Waals surface area contributed by atoms with Crippen molar-refractivity contribution in [1.82, 2.24) is 0 Å². The van der Waals surface area contributed by atoms with Gasteiger partial charge in [0.1, 0.15) is 0 Å². The van der Waals surface area contributed by atoms with E-state index in [1.165, 1.54) is 5.56 Å². The van der Waals surface area contributed by atoms with Gasteiger partial charge in [-0.1, -0.05) is 12.1 Å². The van der Waals surface area contributed by atoms with Crippen molar-refractivity contribution in [2.45, 2.75) is 11.8 Å². The fourth-order valence-electron chi connectivity index (χ4n) is 0.645. The molecule has 0 aliphatic carbocycles. The lowest BCUT2D eigenvalue weighted by Gasteiger charge is -1.85. The molecule has 0 aromatic heterocycles. The minimum atomic E-state index is 1.14. The van der Waals surface area contributed by atoms with Gasteiger partial charge in [-0.2, -0.15) is 0 Å². The van der Waals surface area contributed by atoms with Crippen molar-refractivity contribution in [1.29, 1.82) is 0 Å². The Morgan fingerprint density at radius 3 is 2.50 bits per heavy atom. The van der Waals surface area contributed by atoms with Crippen LogP contribution in [0.4, 0.5) is 0 Å². The smallest absolute Gasteiger partial charge is 0.0590 e.